The van der Waals surface area contributed by atoms with Gasteiger partial charge >= 0.3 is 0 Å². The van der Waals surface area contributed by atoms with Crippen molar-refractivity contribution in [3.05, 3.63) is 40.9 Å². The Morgan fingerprint density at radius 1 is 1.00 bits per heavy atom. The van der Waals surface area contributed by atoms with Crippen molar-refractivity contribution in [1.82, 2.24) is 4.90 Å². The van der Waals surface area contributed by atoms with Gasteiger partial charge in [-0.05, 0) is 80.6 Å². The second kappa shape index (κ2) is 8.84. The van der Waals surface area contributed by atoms with Crippen molar-refractivity contribution >= 4 is 22.4 Å². The SMILES string of the molecule is CCC1CCC(Oc2ccc3ccc(CN4CCCCC4)cc3c2Cl)CC1. The molecule has 0 aromatic heterocycles. The molecular weight excluding hydrogens is 354 g/mol. The van der Waals surface area contributed by atoms with Gasteiger partial charge in [0, 0.05) is 11.9 Å². The van der Waals surface area contributed by atoms with Gasteiger partial charge in [0.1, 0.15) is 5.75 Å². The average molecular weight is 386 g/mol. The summed E-state index contributed by atoms with van der Waals surface area (Å²) in [6.45, 7) is 5.76. The summed E-state index contributed by atoms with van der Waals surface area (Å²) in [6, 6.07) is 10.9. The minimum Gasteiger partial charge on any atom is -0.489 e. The first-order chi connectivity index (χ1) is 13.2. The number of rotatable bonds is 5. The van der Waals surface area contributed by atoms with Gasteiger partial charge in [-0.25, -0.2) is 0 Å². The molecule has 1 heterocycles. The van der Waals surface area contributed by atoms with Crippen LogP contribution in [0, 0.1) is 5.92 Å². The van der Waals surface area contributed by atoms with E-state index in [4.69, 9.17) is 16.3 Å². The zero-order chi connectivity index (χ0) is 18.6. The Bertz CT molecular complexity index is 760. The lowest BCUT2D eigenvalue weighted by Crippen LogP contribution is -2.29. The highest BCUT2D eigenvalue weighted by molar-refractivity contribution is 6.37. The molecule has 0 bridgehead atoms. The fraction of sp³-hybridized carbons (Fsp3) is 0.583. The lowest BCUT2D eigenvalue weighted by molar-refractivity contribution is 0.130. The molecule has 1 saturated heterocycles. The summed E-state index contributed by atoms with van der Waals surface area (Å²) in [5.41, 5.74) is 1.35. The Kier molecular flexibility index (Phi) is 6.24. The van der Waals surface area contributed by atoms with Crippen LogP contribution in [0.1, 0.15) is 63.9 Å². The van der Waals surface area contributed by atoms with E-state index in [1.54, 1.807) is 0 Å². The van der Waals surface area contributed by atoms with Crippen molar-refractivity contribution in [2.45, 2.75) is 70.9 Å². The molecule has 0 N–H and O–H groups in total. The van der Waals surface area contributed by atoms with Gasteiger partial charge in [0.05, 0.1) is 11.1 Å². The fourth-order valence-electron chi connectivity index (χ4n) is 4.71. The number of halogens is 1. The molecule has 1 saturated carbocycles. The molecule has 2 aromatic rings. The van der Waals surface area contributed by atoms with Crippen LogP contribution in [0.2, 0.25) is 5.02 Å². The maximum absolute atomic E-state index is 6.79. The summed E-state index contributed by atoms with van der Waals surface area (Å²) < 4.78 is 6.33. The van der Waals surface area contributed by atoms with E-state index in [-0.39, 0.29) is 0 Å². The van der Waals surface area contributed by atoms with Crippen molar-refractivity contribution in [3.8, 4) is 5.75 Å². The average Bonchev–Trinajstić information content (AvgIpc) is 2.72. The summed E-state index contributed by atoms with van der Waals surface area (Å²) in [6.07, 6.45) is 10.5. The largest absolute Gasteiger partial charge is 0.489 e. The number of fused-ring (bicyclic) bond motifs is 1. The van der Waals surface area contributed by atoms with Crippen molar-refractivity contribution in [2.24, 2.45) is 5.92 Å². The van der Waals surface area contributed by atoms with Crippen molar-refractivity contribution < 1.29 is 4.74 Å². The van der Waals surface area contributed by atoms with E-state index < -0.39 is 0 Å². The first kappa shape index (κ1) is 19.1. The van der Waals surface area contributed by atoms with Crippen molar-refractivity contribution in [2.75, 3.05) is 13.1 Å². The summed E-state index contributed by atoms with van der Waals surface area (Å²) in [7, 11) is 0. The second-order valence-electron chi connectivity index (χ2n) is 8.44. The van der Waals surface area contributed by atoms with E-state index in [0.717, 1.165) is 41.5 Å². The summed E-state index contributed by atoms with van der Waals surface area (Å²) in [4.78, 5) is 2.56. The predicted octanol–water partition coefficient (Wildman–Crippen LogP) is 6.83. The molecule has 0 unspecified atom stereocenters. The van der Waals surface area contributed by atoms with E-state index in [1.165, 1.54) is 62.6 Å². The Morgan fingerprint density at radius 2 is 1.74 bits per heavy atom. The zero-order valence-corrected chi connectivity index (χ0v) is 17.3. The fourth-order valence-corrected chi connectivity index (χ4v) is 4.98. The van der Waals surface area contributed by atoms with Crippen LogP contribution in [-0.2, 0) is 6.54 Å². The number of benzene rings is 2. The van der Waals surface area contributed by atoms with Gasteiger partial charge in [0.25, 0.3) is 0 Å². The maximum Gasteiger partial charge on any atom is 0.138 e. The van der Waals surface area contributed by atoms with Crippen LogP contribution in [0.5, 0.6) is 5.75 Å². The summed E-state index contributed by atoms with van der Waals surface area (Å²) in [5, 5.41) is 3.11. The van der Waals surface area contributed by atoms with Crippen molar-refractivity contribution in [1.29, 1.82) is 0 Å². The molecule has 27 heavy (non-hydrogen) atoms. The quantitative estimate of drug-likeness (QED) is 0.559. The smallest absolute Gasteiger partial charge is 0.138 e. The highest BCUT2D eigenvalue weighted by Crippen LogP contribution is 2.36. The van der Waals surface area contributed by atoms with E-state index in [2.05, 4.69) is 42.2 Å². The molecule has 1 aliphatic carbocycles. The van der Waals surface area contributed by atoms with E-state index in [9.17, 15) is 0 Å². The lowest BCUT2D eigenvalue weighted by Gasteiger charge is -2.29. The van der Waals surface area contributed by atoms with Gasteiger partial charge in [-0.1, -0.05) is 49.6 Å². The number of likely N-dealkylation sites (tertiary alicyclic amines) is 1. The van der Waals surface area contributed by atoms with Crippen LogP contribution < -0.4 is 4.74 Å². The third-order valence-corrected chi connectivity index (χ3v) is 6.89. The van der Waals surface area contributed by atoms with Crippen LogP contribution in [0.15, 0.2) is 30.3 Å². The topological polar surface area (TPSA) is 12.5 Å². The Labute approximate surface area is 168 Å². The highest BCUT2D eigenvalue weighted by atomic mass is 35.5. The summed E-state index contributed by atoms with van der Waals surface area (Å²) in [5.74, 6) is 1.74. The predicted molar refractivity (Wildman–Crippen MR) is 115 cm³/mol. The Balaban J connectivity index is 1.49. The number of piperidine rings is 1. The third-order valence-electron chi connectivity index (χ3n) is 6.50. The second-order valence-corrected chi connectivity index (χ2v) is 8.82. The zero-order valence-electron chi connectivity index (χ0n) is 16.6. The molecule has 0 atom stereocenters. The molecule has 2 aromatic carbocycles. The molecule has 0 spiro atoms. The number of ether oxygens (including phenoxy) is 1. The van der Waals surface area contributed by atoms with Crippen LogP contribution in [-0.4, -0.2) is 24.1 Å². The first-order valence-electron chi connectivity index (χ1n) is 10.8. The Morgan fingerprint density at radius 3 is 2.48 bits per heavy atom. The van der Waals surface area contributed by atoms with E-state index in [1.807, 2.05) is 0 Å². The van der Waals surface area contributed by atoms with Crippen molar-refractivity contribution in [3.63, 3.8) is 0 Å². The van der Waals surface area contributed by atoms with Gasteiger partial charge in [-0.2, -0.15) is 0 Å². The normalized spacial score (nSPS) is 24.2. The van der Waals surface area contributed by atoms with Gasteiger partial charge < -0.3 is 4.74 Å². The summed E-state index contributed by atoms with van der Waals surface area (Å²) >= 11 is 6.79. The first-order valence-corrected chi connectivity index (χ1v) is 11.2. The van der Waals surface area contributed by atoms with E-state index in [0.29, 0.717) is 6.10 Å². The van der Waals surface area contributed by atoms with Gasteiger partial charge in [0.15, 0.2) is 0 Å². The molecule has 0 radical (unpaired) electrons. The minimum absolute atomic E-state index is 0.319. The van der Waals surface area contributed by atoms with Crippen LogP contribution in [0.25, 0.3) is 10.8 Å². The minimum atomic E-state index is 0.319. The molecule has 2 nitrogen and oxygen atoms in total. The molecule has 2 fully saturated rings. The molecule has 1 aliphatic heterocycles. The standard InChI is InChI=1S/C24H32ClNO/c1-2-18-7-11-21(12-8-18)27-23-13-10-20-9-6-19(16-22(20)24(23)25)17-26-14-4-3-5-15-26/h6,9-10,13,16,18,21H,2-5,7-8,11-12,14-15,17H2,1H3. The number of nitrogens with zero attached hydrogens (tertiary/aromatic N) is 1. The van der Waals surface area contributed by atoms with Crippen LogP contribution in [0.3, 0.4) is 0 Å². The lowest BCUT2D eigenvalue weighted by atomic mass is 9.86. The molecule has 146 valence electrons. The maximum atomic E-state index is 6.79. The number of hydrogen-bond acceptors (Lipinski definition) is 2. The molecule has 3 heteroatoms. The van der Waals surface area contributed by atoms with E-state index >= 15 is 0 Å². The van der Waals surface area contributed by atoms with Gasteiger partial charge in [-0.15, -0.1) is 0 Å². The highest BCUT2D eigenvalue weighted by Gasteiger charge is 2.22. The Hall–Kier alpha value is -1.25. The molecular formula is C24H32ClNO. The van der Waals surface area contributed by atoms with Crippen LogP contribution in [0.4, 0.5) is 0 Å². The van der Waals surface area contributed by atoms with Crippen LogP contribution >= 0.6 is 11.6 Å². The van der Waals surface area contributed by atoms with Gasteiger partial charge in [0.2, 0.25) is 0 Å². The molecule has 4 rings (SSSR count). The van der Waals surface area contributed by atoms with Gasteiger partial charge in [-0.3, -0.25) is 4.90 Å². The number of hydrogen-bond donors (Lipinski definition) is 0. The monoisotopic (exact) mass is 385 g/mol. The molecule has 2 aliphatic rings. The molecule has 0 amide bonds. The third kappa shape index (κ3) is 4.60.